The van der Waals surface area contributed by atoms with Crippen LogP contribution in [0, 0.1) is 16.6 Å². The molecule has 3 rings (SSSR count). The molecule has 9 heteroatoms. The largest absolute Gasteiger partial charge is 0.496 e. The highest BCUT2D eigenvalue weighted by atomic mass is 19.1. The molecule has 1 aliphatic rings. The molecule has 2 aromatic rings. The van der Waals surface area contributed by atoms with E-state index in [0.29, 0.717) is 30.9 Å². The maximum Gasteiger partial charge on any atom is 0.234 e. The van der Waals surface area contributed by atoms with Gasteiger partial charge in [-0.3, -0.25) is 14.5 Å². The van der Waals surface area contributed by atoms with Crippen molar-refractivity contribution in [1.82, 2.24) is 15.5 Å². The van der Waals surface area contributed by atoms with Crippen LogP contribution in [0.25, 0.3) is 0 Å². The summed E-state index contributed by atoms with van der Waals surface area (Å²) in [5.41, 5.74) is 0.347. The Balaban J connectivity index is 1.63. The van der Waals surface area contributed by atoms with Crippen LogP contribution in [-0.4, -0.2) is 62.7 Å². The van der Waals surface area contributed by atoms with Gasteiger partial charge in [-0.05, 0) is 36.8 Å². The number of Topliss-reactive ketones (excluding diaryl/α,β-unsaturated/α-hetero) is 1. The van der Waals surface area contributed by atoms with Crippen LogP contribution >= 0.6 is 0 Å². The summed E-state index contributed by atoms with van der Waals surface area (Å²) in [4.78, 5) is 38.7. The first kappa shape index (κ1) is 28.3. The normalized spacial score (nSPS) is 18.9. The van der Waals surface area contributed by atoms with E-state index in [0.717, 1.165) is 11.8 Å². The van der Waals surface area contributed by atoms with Gasteiger partial charge in [0.25, 0.3) is 0 Å². The molecule has 37 heavy (non-hydrogen) atoms. The van der Waals surface area contributed by atoms with Gasteiger partial charge in [-0.2, -0.15) is 0 Å². The van der Waals surface area contributed by atoms with Crippen LogP contribution in [0.2, 0.25) is 0 Å². The van der Waals surface area contributed by atoms with Crippen molar-refractivity contribution in [3.05, 3.63) is 59.4 Å². The standard InChI is InChI=1S/C28H36FN3O5/c1-27(2)17-30-18-28(3,26(27)35)19-31-25(34)15-32(11-12-33)14-20-9-10-23(36-4)21(13-20)16-37-24-8-6-5-7-22(24)29/h5-10,12-13,30H,11,14-19H2,1-4H3,(H,31,34). The summed E-state index contributed by atoms with van der Waals surface area (Å²) >= 11 is 0. The summed E-state index contributed by atoms with van der Waals surface area (Å²) in [6.45, 7) is 7.45. The van der Waals surface area contributed by atoms with E-state index < -0.39 is 16.6 Å². The minimum absolute atomic E-state index is 0.00702. The average molecular weight is 514 g/mol. The van der Waals surface area contributed by atoms with Crippen LogP contribution in [0.5, 0.6) is 11.5 Å². The molecular formula is C28H36FN3O5. The maximum absolute atomic E-state index is 13.9. The van der Waals surface area contributed by atoms with Crippen molar-refractivity contribution in [3.8, 4) is 11.5 Å². The zero-order valence-electron chi connectivity index (χ0n) is 21.9. The number of ether oxygens (including phenoxy) is 2. The summed E-state index contributed by atoms with van der Waals surface area (Å²) in [7, 11) is 1.54. The van der Waals surface area contributed by atoms with Gasteiger partial charge in [0.15, 0.2) is 11.6 Å². The topological polar surface area (TPSA) is 97.0 Å². The number of methoxy groups -OCH3 is 1. The highest BCUT2D eigenvalue weighted by Crippen LogP contribution is 2.32. The van der Waals surface area contributed by atoms with Crippen molar-refractivity contribution in [1.29, 1.82) is 0 Å². The zero-order chi connectivity index (χ0) is 27.1. The molecule has 0 aliphatic carbocycles. The molecule has 200 valence electrons. The Bertz CT molecular complexity index is 1120. The maximum atomic E-state index is 13.9. The summed E-state index contributed by atoms with van der Waals surface area (Å²) in [6.07, 6.45) is 0.747. The van der Waals surface area contributed by atoms with Gasteiger partial charge in [0.2, 0.25) is 5.91 Å². The van der Waals surface area contributed by atoms with Crippen LogP contribution in [0.15, 0.2) is 42.5 Å². The van der Waals surface area contributed by atoms with Crippen molar-refractivity contribution in [2.75, 3.05) is 39.8 Å². The predicted molar refractivity (Wildman–Crippen MR) is 138 cm³/mol. The minimum Gasteiger partial charge on any atom is -0.496 e. The molecule has 2 aromatic carbocycles. The Morgan fingerprint density at radius 3 is 2.62 bits per heavy atom. The molecule has 1 amide bonds. The van der Waals surface area contributed by atoms with E-state index in [4.69, 9.17) is 9.47 Å². The van der Waals surface area contributed by atoms with Crippen molar-refractivity contribution >= 4 is 18.0 Å². The Morgan fingerprint density at radius 1 is 1.16 bits per heavy atom. The summed E-state index contributed by atoms with van der Waals surface area (Å²) < 4.78 is 25.0. The van der Waals surface area contributed by atoms with Gasteiger partial charge >= 0.3 is 0 Å². The number of hydrogen-bond acceptors (Lipinski definition) is 7. The van der Waals surface area contributed by atoms with Crippen LogP contribution in [0.1, 0.15) is 31.9 Å². The number of hydrogen-bond donors (Lipinski definition) is 2. The van der Waals surface area contributed by atoms with E-state index in [1.807, 2.05) is 32.9 Å². The molecule has 1 heterocycles. The number of halogens is 1. The molecule has 1 unspecified atom stereocenters. The lowest BCUT2D eigenvalue weighted by Crippen LogP contribution is -2.59. The number of piperidine rings is 1. The first-order valence-electron chi connectivity index (χ1n) is 12.3. The molecule has 1 saturated heterocycles. The predicted octanol–water partition coefficient (Wildman–Crippen LogP) is 2.74. The molecule has 0 spiro atoms. The van der Waals surface area contributed by atoms with Gasteiger partial charge < -0.3 is 24.9 Å². The molecule has 0 bridgehead atoms. The third-order valence-corrected chi connectivity index (χ3v) is 6.59. The number of nitrogens with zero attached hydrogens (tertiary/aromatic N) is 1. The number of carbonyl (C=O) groups excluding carboxylic acids is 3. The summed E-state index contributed by atoms with van der Waals surface area (Å²) in [5.74, 6) is 0.117. The second-order valence-corrected chi connectivity index (χ2v) is 10.4. The van der Waals surface area contributed by atoms with Crippen molar-refractivity contribution in [2.45, 2.75) is 33.9 Å². The van der Waals surface area contributed by atoms with Gasteiger partial charge in [0.05, 0.1) is 25.6 Å². The van der Waals surface area contributed by atoms with Crippen molar-refractivity contribution < 1.29 is 28.2 Å². The van der Waals surface area contributed by atoms with Gasteiger partial charge in [-0.15, -0.1) is 0 Å². The number of rotatable bonds is 12. The lowest BCUT2D eigenvalue weighted by atomic mass is 9.69. The van der Waals surface area contributed by atoms with Crippen LogP contribution < -0.4 is 20.1 Å². The lowest BCUT2D eigenvalue weighted by molar-refractivity contribution is -0.139. The fraction of sp³-hybridized carbons (Fsp3) is 0.464. The molecule has 0 radical (unpaired) electrons. The lowest BCUT2D eigenvalue weighted by Gasteiger charge is -2.41. The SMILES string of the molecule is COc1ccc(CN(CC=O)CC(=O)NCC2(C)CNCC(C)(C)C2=O)cc1COc1ccccc1F. The van der Waals surface area contributed by atoms with E-state index >= 15 is 0 Å². The number of carbonyl (C=O) groups is 3. The molecule has 1 fully saturated rings. The van der Waals surface area contributed by atoms with E-state index in [9.17, 15) is 18.8 Å². The number of para-hydroxylation sites is 1. The highest BCUT2D eigenvalue weighted by molar-refractivity contribution is 5.91. The molecule has 8 nitrogen and oxygen atoms in total. The third kappa shape index (κ3) is 7.36. The van der Waals surface area contributed by atoms with E-state index in [-0.39, 0.29) is 43.7 Å². The van der Waals surface area contributed by atoms with Crippen LogP contribution in [-0.2, 0) is 27.5 Å². The third-order valence-electron chi connectivity index (χ3n) is 6.59. The van der Waals surface area contributed by atoms with Crippen LogP contribution in [0.3, 0.4) is 0 Å². The number of aldehydes is 1. The Morgan fingerprint density at radius 2 is 1.92 bits per heavy atom. The van der Waals surface area contributed by atoms with Gasteiger partial charge in [0.1, 0.15) is 24.4 Å². The first-order valence-corrected chi connectivity index (χ1v) is 12.3. The summed E-state index contributed by atoms with van der Waals surface area (Å²) in [6, 6.07) is 11.6. The molecule has 1 aliphatic heterocycles. The average Bonchev–Trinajstić information content (AvgIpc) is 2.86. The Labute approximate surface area is 217 Å². The zero-order valence-corrected chi connectivity index (χ0v) is 21.9. The second kappa shape index (κ2) is 12.3. The quantitative estimate of drug-likeness (QED) is 0.421. The van der Waals surface area contributed by atoms with Gasteiger partial charge in [0, 0.05) is 37.2 Å². The highest BCUT2D eigenvalue weighted by Gasteiger charge is 2.45. The molecule has 0 aromatic heterocycles. The minimum atomic E-state index is -0.698. The monoisotopic (exact) mass is 513 g/mol. The summed E-state index contributed by atoms with van der Waals surface area (Å²) in [5, 5.41) is 6.16. The number of nitrogens with one attached hydrogen (secondary N) is 2. The molecule has 2 N–H and O–H groups in total. The van der Waals surface area contributed by atoms with E-state index in [1.165, 1.54) is 6.07 Å². The van der Waals surface area contributed by atoms with Crippen molar-refractivity contribution in [3.63, 3.8) is 0 Å². The van der Waals surface area contributed by atoms with E-state index in [2.05, 4.69) is 10.6 Å². The number of ketones is 1. The fourth-order valence-electron chi connectivity index (χ4n) is 4.63. The Hall–Kier alpha value is -3.30. The van der Waals surface area contributed by atoms with Gasteiger partial charge in [-0.25, -0.2) is 4.39 Å². The van der Waals surface area contributed by atoms with Gasteiger partial charge in [-0.1, -0.05) is 32.0 Å². The number of benzene rings is 2. The Kier molecular flexibility index (Phi) is 9.39. The van der Waals surface area contributed by atoms with Crippen molar-refractivity contribution in [2.24, 2.45) is 10.8 Å². The molecule has 0 saturated carbocycles. The van der Waals surface area contributed by atoms with E-state index in [1.54, 1.807) is 36.3 Å². The first-order chi connectivity index (χ1) is 17.6. The molecular weight excluding hydrogens is 477 g/mol. The number of amides is 1. The van der Waals surface area contributed by atoms with Crippen LogP contribution in [0.4, 0.5) is 4.39 Å². The second-order valence-electron chi connectivity index (χ2n) is 10.4. The fourth-order valence-corrected chi connectivity index (χ4v) is 4.63. The smallest absolute Gasteiger partial charge is 0.234 e. The molecule has 1 atom stereocenters.